The zero-order valence-electron chi connectivity index (χ0n) is 10.8. The van der Waals surface area contributed by atoms with Gasteiger partial charge in [-0.3, -0.25) is 4.79 Å². The number of anilines is 1. The fourth-order valence-corrected chi connectivity index (χ4v) is 2.11. The number of pyridine rings is 1. The Balaban J connectivity index is 1.63. The second kappa shape index (κ2) is 5.41. The predicted molar refractivity (Wildman–Crippen MR) is 70.9 cm³/mol. The van der Waals surface area contributed by atoms with E-state index in [-0.39, 0.29) is 18.3 Å². The standard InChI is InChI=1S/C12H15FN6O/c13-9-1-2-10-16-12(17-19(10)8-9)15-7-11(20)18-5-3-14-4-6-18/h1-2,8,14H,3-7H2,(H,15,17). The van der Waals surface area contributed by atoms with Crippen LogP contribution in [0.4, 0.5) is 10.3 Å². The molecule has 1 amide bonds. The lowest BCUT2D eigenvalue weighted by Crippen LogP contribution is -2.48. The molecule has 0 radical (unpaired) electrons. The summed E-state index contributed by atoms with van der Waals surface area (Å²) in [5.41, 5.74) is 0.531. The van der Waals surface area contributed by atoms with Gasteiger partial charge in [-0.05, 0) is 12.1 Å². The van der Waals surface area contributed by atoms with Crippen LogP contribution in [-0.2, 0) is 4.79 Å². The van der Waals surface area contributed by atoms with E-state index in [4.69, 9.17) is 0 Å². The molecule has 106 valence electrons. The van der Waals surface area contributed by atoms with E-state index in [1.165, 1.54) is 22.8 Å². The summed E-state index contributed by atoms with van der Waals surface area (Å²) >= 11 is 0. The van der Waals surface area contributed by atoms with Gasteiger partial charge < -0.3 is 15.5 Å². The maximum Gasteiger partial charge on any atom is 0.243 e. The highest BCUT2D eigenvalue weighted by molar-refractivity contribution is 5.80. The van der Waals surface area contributed by atoms with E-state index in [9.17, 15) is 9.18 Å². The first-order valence-corrected chi connectivity index (χ1v) is 6.47. The van der Waals surface area contributed by atoms with E-state index in [1.807, 2.05) is 0 Å². The van der Waals surface area contributed by atoms with Crippen molar-refractivity contribution in [1.29, 1.82) is 0 Å². The highest BCUT2D eigenvalue weighted by Gasteiger charge is 2.16. The number of amides is 1. The SMILES string of the molecule is O=C(CNc1nc2ccc(F)cn2n1)N1CCNCC1. The van der Waals surface area contributed by atoms with Gasteiger partial charge in [-0.1, -0.05) is 0 Å². The second-order valence-corrected chi connectivity index (χ2v) is 4.57. The molecule has 2 aromatic heterocycles. The Morgan fingerprint density at radius 1 is 1.40 bits per heavy atom. The number of piperazine rings is 1. The number of nitrogens with zero attached hydrogens (tertiary/aromatic N) is 4. The molecule has 0 spiro atoms. The molecule has 0 unspecified atom stereocenters. The molecule has 0 atom stereocenters. The molecule has 1 fully saturated rings. The molecule has 2 N–H and O–H groups in total. The van der Waals surface area contributed by atoms with Gasteiger partial charge in [-0.25, -0.2) is 8.91 Å². The Labute approximate surface area is 114 Å². The molecule has 8 heteroatoms. The average Bonchev–Trinajstić information content (AvgIpc) is 2.87. The number of halogens is 1. The summed E-state index contributed by atoms with van der Waals surface area (Å²) in [5, 5.41) is 10.1. The van der Waals surface area contributed by atoms with Crippen molar-refractivity contribution in [2.75, 3.05) is 38.0 Å². The van der Waals surface area contributed by atoms with Crippen LogP contribution in [0.25, 0.3) is 5.65 Å². The molecule has 2 aromatic rings. The van der Waals surface area contributed by atoms with E-state index in [0.717, 1.165) is 13.1 Å². The quantitative estimate of drug-likeness (QED) is 0.807. The lowest BCUT2D eigenvalue weighted by Gasteiger charge is -2.27. The third-order valence-electron chi connectivity index (χ3n) is 3.16. The normalized spacial score (nSPS) is 15.6. The monoisotopic (exact) mass is 278 g/mol. The maximum absolute atomic E-state index is 13.0. The Morgan fingerprint density at radius 3 is 3.00 bits per heavy atom. The van der Waals surface area contributed by atoms with Crippen LogP contribution in [0.5, 0.6) is 0 Å². The van der Waals surface area contributed by atoms with Gasteiger partial charge in [0.2, 0.25) is 11.9 Å². The number of carbonyl (C=O) groups is 1. The minimum Gasteiger partial charge on any atom is -0.344 e. The van der Waals surface area contributed by atoms with Gasteiger partial charge in [0.15, 0.2) is 5.65 Å². The van der Waals surface area contributed by atoms with Gasteiger partial charge >= 0.3 is 0 Å². The topological polar surface area (TPSA) is 74.6 Å². The van der Waals surface area contributed by atoms with E-state index < -0.39 is 0 Å². The predicted octanol–water partition coefficient (Wildman–Crippen LogP) is -0.288. The van der Waals surface area contributed by atoms with Crippen LogP contribution in [0.15, 0.2) is 18.3 Å². The number of fused-ring (bicyclic) bond motifs is 1. The van der Waals surface area contributed by atoms with Crippen molar-refractivity contribution in [1.82, 2.24) is 24.8 Å². The number of hydrogen-bond acceptors (Lipinski definition) is 5. The summed E-state index contributed by atoms with van der Waals surface area (Å²) in [6.45, 7) is 3.20. The number of nitrogens with one attached hydrogen (secondary N) is 2. The van der Waals surface area contributed by atoms with Crippen molar-refractivity contribution in [3.05, 3.63) is 24.1 Å². The zero-order chi connectivity index (χ0) is 13.9. The maximum atomic E-state index is 13.0. The third-order valence-corrected chi connectivity index (χ3v) is 3.16. The van der Waals surface area contributed by atoms with Gasteiger partial charge in [0.05, 0.1) is 12.7 Å². The number of carbonyl (C=O) groups excluding carboxylic acids is 1. The molecular weight excluding hydrogens is 263 g/mol. The van der Waals surface area contributed by atoms with E-state index >= 15 is 0 Å². The molecule has 0 aromatic carbocycles. The van der Waals surface area contributed by atoms with Crippen LogP contribution < -0.4 is 10.6 Å². The van der Waals surface area contributed by atoms with Crippen LogP contribution in [0.1, 0.15) is 0 Å². The molecule has 20 heavy (non-hydrogen) atoms. The molecule has 7 nitrogen and oxygen atoms in total. The Hall–Kier alpha value is -2.22. The van der Waals surface area contributed by atoms with Crippen LogP contribution in [0, 0.1) is 5.82 Å². The number of rotatable bonds is 3. The lowest BCUT2D eigenvalue weighted by molar-refractivity contribution is -0.129. The van der Waals surface area contributed by atoms with Crippen LogP contribution in [0.3, 0.4) is 0 Å². The van der Waals surface area contributed by atoms with Gasteiger partial charge in [0, 0.05) is 26.2 Å². The number of aromatic nitrogens is 3. The Kier molecular flexibility index (Phi) is 3.46. The van der Waals surface area contributed by atoms with Crippen molar-refractivity contribution in [3.8, 4) is 0 Å². The minimum absolute atomic E-state index is 0.0107. The van der Waals surface area contributed by atoms with Gasteiger partial charge in [0.25, 0.3) is 0 Å². The molecule has 1 aliphatic heterocycles. The van der Waals surface area contributed by atoms with Gasteiger partial charge in [-0.2, -0.15) is 4.98 Å². The summed E-state index contributed by atoms with van der Waals surface area (Å²) in [6.07, 6.45) is 1.24. The minimum atomic E-state index is -0.383. The summed E-state index contributed by atoms with van der Waals surface area (Å²) in [4.78, 5) is 17.9. The van der Waals surface area contributed by atoms with Crippen LogP contribution in [-0.4, -0.2) is 58.1 Å². The Morgan fingerprint density at radius 2 is 2.20 bits per heavy atom. The fraction of sp³-hybridized carbons (Fsp3) is 0.417. The van der Waals surface area contributed by atoms with E-state index in [2.05, 4.69) is 20.7 Å². The first-order valence-electron chi connectivity index (χ1n) is 6.47. The van der Waals surface area contributed by atoms with Gasteiger partial charge in [0.1, 0.15) is 5.82 Å². The highest BCUT2D eigenvalue weighted by atomic mass is 19.1. The van der Waals surface area contributed by atoms with Crippen molar-refractivity contribution in [2.24, 2.45) is 0 Å². The number of hydrogen-bond donors (Lipinski definition) is 2. The van der Waals surface area contributed by atoms with Crippen LogP contribution >= 0.6 is 0 Å². The first-order chi connectivity index (χ1) is 9.72. The van der Waals surface area contributed by atoms with Crippen molar-refractivity contribution in [2.45, 2.75) is 0 Å². The van der Waals surface area contributed by atoms with Crippen LogP contribution in [0.2, 0.25) is 0 Å². The van der Waals surface area contributed by atoms with E-state index in [0.29, 0.717) is 24.7 Å². The molecule has 0 saturated carbocycles. The van der Waals surface area contributed by atoms with Crippen molar-refractivity contribution in [3.63, 3.8) is 0 Å². The fourth-order valence-electron chi connectivity index (χ4n) is 2.11. The molecular formula is C12H15FN6O. The highest BCUT2D eigenvalue weighted by Crippen LogP contribution is 2.06. The molecule has 0 aliphatic carbocycles. The third kappa shape index (κ3) is 2.69. The molecule has 3 rings (SSSR count). The molecule has 1 aliphatic rings. The smallest absolute Gasteiger partial charge is 0.243 e. The van der Waals surface area contributed by atoms with Gasteiger partial charge in [-0.15, -0.1) is 5.10 Å². The summed E-state index contributed by atoms with van der Waals surface area (Å²) in [5.74, 6) is -0.0542. The van der Waals surface area contributed by atoms with E-state index in [1.54, 1.807) is 4.90 Å². The summed E-state index contributed by atoms with van der Waals surface area (Å²) < 4.78 is 14.4. The average molecular weight is 278 g/mol. The summed E-state index contributed by atoms with van der Waals surface area (Å²) in [7, 11) is 0. The zero-order valence-corrected chi connectivity index (χ0v) is 10.8. The molecule has 1 saturated heterocycles. The second-order valence-electron chi connectivity index (χ2n) is 4.57. The lowest BCUT2D eigenvalue weighted by atomic mass is 10.3. The summed E-state index contributed by atoms with van der Waals surface area (Å²) in [6, 6.07) is 2.85. The molecule has 3 heterocycles. The largest absolute Gasteiger partial charge is 0.344 e. The molecule has 0 bridgehead atoms. The van der Waals surface area contributed by atoms with Crippen molar-refractivity contribution < 1.29 is 9.18 Å². The first kappa shape index (κ1) is 12.8. The van der Waals surface area contributed by atoms with Crippen molar-refractivity contribution >= 4 is 17.5 Å². The Bertz CT molecular complexity index is 621.